The fraction of sp³-hybridized carbons (Fsp3) is 0.0667. The van der Waals surface area contributed by atoms with Gasteiger partial charge >= 0.3 is 0 Å². The summed E-state index contributed by atoms with van der Waals surface area (Å²) in [7, 11) is 0. The normalized spacial score (nSPS) is 16.0. The second-order valence-electron chi connectivity index (χ2n) is 8.83. The van der Waals surface area contributed by atoms with Crippen LogP contribution in [-0.2, 0) is 0 Å². The van der Waals surface area contributed by atoms with E-state index in [2.05, 4.69) is 48.7 Å². The summed E-state index contributed by atoms with van der Waals surface area (Å²) in [5, 5.41) is 2.05. The van der Waals surface area contributed by atoms with Gasteiger partial charge in [0.15, 0.2) is 4.96 Å². The van der Waals surface area contributed by atoms with E-state index in [0.717, 1.165) is 38.6 Å². The van der Waals surface area contributed by atoms with Gasteiger partial charge < -0.3 is 4.74 Å². The van der Waals surface area contributed by atoms with E-state index >= 15 is 0 Å². The van der Waals surface area contributed by atoms with Crippen LogP contribution < -0.4 is 14.8 Å². The minimum atomic E-state index is -0.0705. The van der Waals surface area contributed by atoms with Crippen molar-refractivity contribution in [3.8, 4) is 5.75 Å². The zero-order chi connectivity index (χ0) is 24.2. The van der Waals surface area contributed by atoms with Crippen molar-refractivity contribution in [2.24, 2.45) is 0 Å². The van der Waals surface area contributed by atoms with Crippen molar-refractivity contribution < 1.29 is 4.74 Å². The first kappa shape index (κ1) is 21.3. The predicted octanol–water partition coefficient (Wildman–Crippen LogP) is 6.41. The summed E-state index contributed by atoms with van der Waals surface area (Å²) in [4.78, 5) is 20.1. The number of hydrogen-bond donors (Lipinski definition) is 0. The number of allylic oxidation sites excluding steroid dienone is 1. The summed E-state index contributed by atoms with van der Waals surface area (Å²) in [6.45, 7) is 2.14. The molecule has 1 aliphatic heterocycles. The molecule has 4 nitrogen and oxygen atoms in total. The number of fused-ring (bicyclic) bond motifs is 4. The van der Waals surface area contributed by atoms with Gasteiger partial charge in [0, 0.05) is 17.1 Å². The first-order valence-corrected chi connectivity index (χ1v) is 13.4. The Balaban J connectivity index is 1.56. The third kappa shape index (κ3) is 3.26. The third-order valence-corrected chi connectivity index (χ3v) is 8.53. The molecule has 0 saturated carbocycles. The maximum absolute atomic E-state index is 13.7. The lowest BCUT2D eigenvalue weighted by Crippen LogP contribution is -2.25. The van der Waals surface area contributed by atoms with E-state index in [9.17, 15) is 4.79 Å². The van der Waals surface area contributed by atoms with Crippen LogP contribution in [0.4, 0.5) is 0 Å². The number of nitrogens with zero attached hydrogens (tertiary/aromatic N) is 2. The smallest absolute Gasteiger partial charge is 0.274 e. The molecule has 0 spiro atoms. The Hall–Kier alpha value is -4.00. The van der Waals surface area contributed by atoms with Crippen LogP contribution >= 0.6 is 22.7 Å². The summed E-state index contributed by atoms with van der Waals surface area (Å²) in [5.41, 5.74) is 6.09. The van der Waals surface area contributed by atoms with Crippen LogP contribution in [0.2, 0.25) is 0 Å². The number of thiazole rings is 1. The van der Waals surface area contributed by atoms with Crippen molar-refractivity contribution in [1.29, 1.82) is 0 Å². The summed E-state index contributed by atoms with van der Waals surface area (Å²) < 4.78 is 8.92. The minimum absolute atomic E-state index is 0.0517. The molecule has 6 aromatic rings. The van der Waals surface area contributed by atoms with Crippen LogP contribution in [0.5, 0.6) is 5.75 Å². The van der Waals surface area contributed by atoms with E-state index < -0.39 is 0 Å². The average molecular weight is 505 g/mol. The summed E-state index contributed by atoms with van der Waals surface area (Å²) >= 11 is 3.06. The Labute approximate surface area is 215 Å². The van der Waals surface area contributed by atoms with Crippen molar-refractivity contribution in [2.75, 3.05) is 0 Å². The van der Waals surface area contributed by atoms with Gasteiger partial charge in [-0.3, -0.25) is 4.79 Å². The van der Waals surface area contributed by atoms with Crippen molar-refractivity contribution in [1.82, 2.24) is 9.38 Å². The highest BCUT2D eigenvalue weighted by molar-refractivity contribution is 7.15. The quantitative estimate of drug-likeness (QED) is 0.280. The number of aryl methyl sites for hydroxylation is 1. The van der Waals surface area contributed by atoms with Gasteiger partial charge in [-0.15, -0.1) is 11.3 Å². The van der Waals surface area contributed by atoms with E-state index in [1.54, 1.807) is 15.7 Å². The average Bonchev–Trinajstić information content (AvgIpc) is 3.62. The molecule has 1 atom stereocenters. The fourth-order valence-electron chi connectivity index (χ4n) is 5.03. The number of benzene rings is 3. The molecule has 1 aliphatic rings. The van der Waals surface area contributed by atoms with E-state index in [1.165, 1.54) is 22.5 Å². The molecular weight excluding hydrogens is 484 g/mol. The lowest BCUT2D eigenvalue weighted by atomic mass is 9.80. The molecule has 3 aromatic carbocycles. The molecule has 0 N–H and O–H groups in total. The molecule has 3 aromatic heterocycles. The third-order valence-electron chi connectivity index (χ3n) is 6.69. The topological polar surface area (TPSA) is 43.6 Å². The number of hydrogen-bond acceptors (Lipinski definition) is 5. The molecule has 4 heterocycles. The molecule has 36 heavy (non-hydrogen) atoms. The van der Waals surface area contributed by atoms with E-state index in [4.69, 9.17) is 9.72 Å². The Morgan fingerprint density at radius 3 is 2.53 bits per heavy atom. The number of para-hydroxylation sites is 3. The first-order valence-electron chi connectivity index (χ1n) is 11.7. The predicted molar refractivity (Wildman–Crippen MR) is 148 cm³/mol. The Kier molecular flexibility index (Phi) is 4.91. The fourth-order valence-corrected chi connectivity index (χ4v) is 6.73. The number of aromatic nitrogens is 2. The highest BCUT2D eigenvalue weighted by atomic mass is 32.1. The molecule has 0 fully saturated rings. The molecule has 0 aliphatic carbocycles. The lowest BCUT2D eigenvalue weighted by molar-refractivity contribution is 0.490. The van der Waals surface area contributed by atoms with Gasteiger partial charge in [-0.1, -0.05) is 72.0 Å². The van der Waals surface area contributed by atoms with Gasteiger partial charge in [0.1, 0.15) is 11.5 Å². The lowest BCUT2D eigenvalue weighted by Gasteiger charge is -2.30. The van der Waals surface area contributed by atoms with Crippen LogP contribution in [0.1, 0.15) is 27.5 Å². The minimum Gasteiger partial charge on any atom is -0.455 e. The van der Waals surface area contributed by atoms with E-state index in [1.807, 2.05) is 54.6 Å². The van der Waals surface area contributed by atoms with Gasteiger partial charge in [0.05, 0.1) is 20.4 Å². The molecule has 0 bridgehead atoms. The molecular formula is C30H20N2O2S2. The summed E-state index contributed by atoms with van der Waals surface area (Å²) in [5.74, 6) is 1.58. The maximum Gasteiger partial charge on any atom is 0.274 e. The monoisotopic (exact) mass is 504 g/mol. The zero-order valence-electron chi connectivity index (χ0n) is 19.3. The zero-order valence-corrected chi connectivity index (χ0v) is 21.0. The van der Waals surface area contributed by atoms with Gasteiger partial charge in [0.25, 0.3) is 5.56 Å². The van der Waals surface area contributed by atoms with Crippen molar-refractivity contribution >= 4 is 50.5 Å². The van der Waals surface area contributed by atoms with E-state index in [0.29, 0.717) is 9.49 Å². The number of imidazole rings is 1. The number of thiophene rings is 1. The Bertz CT molecular complexity index is 1910. The molecule has 0 unspecified atom stereocenters. The second-order valence-corrected chi connectivity index (χ2v) is 10.8. The molecule has 7 rings (SSSR count). The molecule has 0 amide bonds. The van der Waals surface area contributed by atoms with Gasteiger partial charge in [-0.05, 0) is 53.8 Å². The van der Waals surface area contributed by atoms with E-state index in [-0.39, 0.29) is 11.5 Å². The van der Waals surface area contributed by atoms with Crippen molar-refractivity contribution in [3.63, 3.8) is 0 Å². The van der Waals surface area contributed by atoms with Crippen LogP contribution in [-0.4, -0.2) is 9.38 Å². The summed E-state index contributed by atoms with van der Waals surface area (Å²) in [6.07, 6.45) is 2.03. The Morgan fingerprint density at radius 1 is 0.917 bits per heavy atom. The number of rotatable bonds is 3. The van der Waals surface area contributed by atoms with Gasteiger partial charge in [0.2, 0.25) is 0 Å². The SMILES string of the molecule is Cc1ccccc1[C@@H]1C(/C=c2/sc3nc4ccccc4n3c2=O)=C(c2cccs2)Oc2ccccc21. The maximum atomic E-state index is 13.7. The molecule has 0 radical (unpaired) electrons. The second kappa shape index (κ2) is 8.29. The highest BCUT2D eigenvalue weighted by Crippen LogP contribution is 2.47. The standard InChI is InChI=1S/C30H20N2O2S2/c1-18-9-2-3-10-19(18)27-20-11-4-7-14-24(20)34-28(25-15-8-16-35-25)21(27)17-26-29(33)32-23-13-6-5-12-22(23)31-30(32)36-26/h2-17,27H,1H3/b26-17+/t27-/m0/s1. The molecule has 0 saturated heterocycles. The van der Waals surface area contributed by atoms with Gasteiger partial charge in [-0.25, -0.2) is 9.38 Å². The van der Waals surface area contributed by atoms with Crippen LogP contribution in [0.15, 0.2) is 101 Å². The highest BCUT2D eigenvalue weighted by Gasteiger charge is 2.32. The molecule has 6 heteroatoms. The van der Waals surface area contributed by atoms with Crippen LogP contribution in [0.3, 0.4) is 0 Å². The van der Waals surface area contributed by atoms with Crippen molar-refractivity contribution in [2.45, 2.75) is 12.8 Å². The number of ether oxygens (including phenoxy) is 1. The molecule has 174 valence electrons. The largest absolute Gasteiger partial charge is 0.455 e. The van der Waals surface area contributed by atoms with Crippen molar-refractivity contribution in [3.05, 3.63) is 132 Å². The van der Waals surface area contributed by atoms with Gasteiger partial charge in [-0.2, -0.15) is 0 Å². The van der Waals surface area contributed by atoms with Crippen LogP contribution in [0.25, 0.3) is 27.8 Å². The van der Waals surface area contributed by atoms with Crippen LogP contribution in [0, 0.1) is 6.92 Å². The first-order chi connectivity index (χ1) is 17.7. The Morgan fingerprint density at radius 2 is 1.69 bits per heavy atom. The summed E-state index contributed by atoms with van der Waals surface area (Å²) in [6, 6.07) is 28.5.